The van der Waals surface area contributed by atoms with Gasteiger partial charge in [0.15, 0.2) is 5.82 Å². The molecule has 0 bridgehead atoms. The Labute approximate surface area is 97.9 Å². The number of halogens is 2. The molecule has 1 aromatic heterocycles. The van der Waals surface area contributed by atoms with Gasteiger partial charge in [0, 0.05) is 0 Å². The van der Waals surface area contributed by atoms with Crippen LogP contribution in [-0.2, 0) is 6.54 Å². The lowest BCUT2D eigenvalue weighted by Crippen LogP contribution is -2.05. The molecule has 3 nitrogen and oxygen atoms in total. The first-order chi connectivity index (χ1) is 8.08. The Morgan fingerprint density at radius 3 is 2.71 bits per heavy atom. The Balaban J connectivity index is 2.16. The second-order valence-corrected chi connectivity index (χ2v) is 3.90. The van der Waals surface area contributed by atoms with Crippen LogP contribution >= 0.6 is 0 Å². The molecule has 1 heterocycles. The zero-order valence-electron chi connectivity index (χ0n) is 9.64. The standard InChI is InChI=1S/C12H13F2N3/c1-7-3-4-10(13)12(11(7)14)16-6-9-5-15-8(2)17-9/h3-5,16H,6H2,1-2H3,(H,15,17). The molecule has 2 N–H and O–H groups in total. The van der Waals surface area contributed by atoms with E-state index in [2.05, 4.69) is 15.3 Å². The van der Waals surface area contributed by atoms with Gasteiger partial charge in [-0.1, -0.05) is 6.07 Å². The molecule has 2 aromatic rings. The van der Waals surface area contributed by atoms with Gasteiger partial charge in [-0.25, -0.2) is 13.8 Å². The minimum atomic E-state index is -0.593. The van der Waals surface area contributed by atoms with Crippen LogP contribution < -0.4 is 5.32 Å². The molecule has 0 radical (unpaired) electrons. The third-order valence-electron chi connectivity index (χ3n) is 2.50. The highest BCUT2D eigenvalue weighted by Crippen LogP contribution is 2.22. The summed E-state index contributed by atoms with van der Waals surface area (Å²) < 4.78 is 27.1. The van der Waals surface area contributed by atoms with Crippen molar-refractivity contribution in [3.05, 3.63) is 47.0 Å². The predicted molar refractivity (Wildman–Crippen MR) is 61.7 cm³/mol. The molecule has 0 atom stereocenters. The lowest BCUT2D eigenvalue weighted by atomic mass is 10.2. The smallest absolute Gasteiger partial charge is 0.152 e. The molecule has 0 saturated heterocycles. The molecule has 2 rings (SSSR count). The number of aromatic amines is 1. The highest BCUT2D eigenvalue weighted by Gasteiger charge is 2.11. The van der Waals surface area contributed by atoms with Crippen molar-refractivity contribution >= 4 is 5.69 Å². The Bertz CT molecular complexity index is 535. The molecule has 0 aliphatic carbocycles. The van der Waals surface area contributed by atoms with Crippen LogP contribution in [0.15, 0.2) is 18.3 Å². The molecule has 0 fully saturated rings. The predicted octanol–water partition coefficient (Wildman–Crippen LogP) is 2.92. The average Bonchev–Trinajstić information content (AvgIpc) is 2.70. The number of aromatic nitrogens is 2. The lowest BCUT2D eigenvalue weighted by molar-refractivity contribution is 0.582. The van der Waals surface area contributed by atoms with Crippen LogP contribution in [0.25, 0.3) is 0 Å². The van der Waals surface area contributed by atoms with Crippen LogP contribution in [0.3, 0.4) is 0 Å². The Morgan fingerprint density at radius 2 is 2.06 bits per heavy atom. The zero-order valence-corrected chi connectivity index (χ0v) is 9.64. The van der Waals surface area contributed by atoms with E-state index >= 15 is 0 Å². The monoisotopic (exact) mass is 237 g/mol. The fraction of sp³-hybridized carbons (Fsp3) is 0.250. The SMILES string of the molecule is Cc1ncc(CNc2c(F)ccc(C)c2F)[nH]1. The maximum Gasteiger partial charge on any atom is 0.152 e. The summed E-state index contributed by atoms with van der Waals surface area (Å²) in [5, 5.41) is 2.73. The van der Waals surface area contributed by atoms with Gasteiger partial charge in [-0.15, -0.1) is 0 Å². The zero-order chi connectivity index (χ0) is 12.4. The van der Waals surface area contributed by atoms with Crippen molar-refractivity contribution in [1.29, 1.82) is 0 Å². The maximum atomic E-state index is 13.6. The lowest BCUT2D eigenvalue weighted by Gasteiger charge is -2.09. The second-order valence-electron chi connectivity index (χ2n) is 3.90. The molecule has 0 saturated carbocycles. The van der Waals surface area contributed by atoms with Crippen LogP contribution in [0.1, 0.15) is 17.1 Å². The molecule has 90 valence electrons. The highest BCUT2D eigenvalue weighted by atomic mass is 19.1. The molecule has 17 heavy (non-hydrogen) atoms. The van der Waals surface area contributed by atoms with E-state index in [0.29, 0.717) is 12.1 Å². The number of anilines is 1. The summed E-state index contributed by atoms with van der Waals surface area (Å²) >= 11 is 0. The number of aryl methyl sites for hydroxylation is 2. The number of H-pyrrole nitrogens is 1. The summed E-state index contributed by atoms with van der Waals surface area (Å²) in [7, 11) is 0. The first-order valence-corrected chi connectivity index (χ1v) is 5.27. The van der Waals surface area contributed by atoms with Gasteiger partial charge in [-0.3, -0.25) is 0 Å². The summed E-state index contributed by atoms with van der Waals surface area (Å²) in [4.78, 5) is 6.99. The molecule has 1 aromatic carbocycles. The van der Waals surface area contributed by atoms with Crippen molar-refractivity contribution in [3.8, 4) is 0 Å². The van der Waals surface area contributed by atoms with Crippen LogP contribution in [0.5, 0.6) is 0 Å². The van der Waals surface area contributed by atoms with Crippen LogP contribution in [0.2, 0.25) is 0 Å². The quantitative estimate of drug-likeness (QED) is 0.861. The van der Waals surface area contributed by atoms with E-state index in [-0.39, 0.29) is 5.69 Å². The number of hydrogen-bond acceptors (Lipinski definition) is 2. The van der Waals surface area contributed by atoms with Crippen LogP contribution in [0, 0.1) is 25.5 Å². The third kappa shape index (κ3) is 2.43. The maximum absolute atomic E-state index is 13.6. The Morgan fingerprint density at radius 1 is 1.29 bits per heavy atom. The third-order valence-corrected chi connectivity index (χ3v) is 2.50. The minimum absolute atomic E-state index is 0.0998. The van der Waals surface area contributed by atoms with Gasteiger partial charge < -0.3 is 10.3 Å². The second kappa shape index (κ2) is 4.53. The van der Waals surface area contributed by atoms with E-state index in [4.69, 9.17) is 0 Å². The molecule has 0 unspecified atom stereocenters. The van der Waals surface area contributed by atoms with Gasteiger partial charge in [0.1, 0.15) is 17.3 Å². The normalized spacial score (nSPS) is 10.6. The summed E-state index contributed by atoms with van der Waals surface area (Å²) in [6.45, 7) is 3.72. The van der Waals surface area contributed by atoms with Crippen molar-refractivity contribution in [3.63, 3.8) is 0 Å². The van der Waals surface area contributed by atoms with E-state index in [0.717, 1.165) is 11.5 Å². The van der Waals surface area contributed by atoms with E-state index in [1.807, 2.05) is 6.92 Å². The van der Waals surface area contributed by atoms with Crippen molar-refractivity contribution in [1.82, 2.24) is 9.97 Å². The van der Waals surface area contributed by atoms with Crippen molar-refractivity contribution in [2.24, 2.45) is 0 Å². The number of rotatable bonds is 3. The highest BCUT2D eigenvalue weighted by molar-refractivity contribution is 5.49. The van der Waals surface area contributed by atoms with E-state index in [1.165, 1.54) is 12.1 Å². The molecular formula is C12H13F2N3. The van der Waals surface area contributed by atoms with Crippen LogP contribution in [0.4, 0.5) is 14.5 Å². The molecule has 5 heteroatoms. The summed E-state index contributed by atoms with van der Waals surface area (Å²) in [5.74, 6) is -0.377. The first kappa shape index (κ1) is 11.6. The summed E-state index contributed by atoms with van der Waals surface area (Å²) in [6.07, 6.45) is 1.63. The number of benzene rings is 1. The number of nitrogens with one attached hydrogen (secondary N) is 2. The average molecular weight is 237 g/mol. The molecule has 0 aliphatic heterocycles. The first-order valence-electron chi connectivity index (χ1n) is 5.27. The number of nitrogens with zero attached hydrogens (tertiary/aromatic N) is 1. The topological polar surface area (TPSA) is 40.7 Å². The van der Waals surface area contributed by atoms with Gasteiger partial charge in [0.2, 0.25) is 0 Å². The number of hydrogen-bond donors (Lipinski definition) is 2. The summed E-state index contributed by atoms with van der Waals surface area (Å²) in [6, 6.07) is 2.66. The molecule has 0 amide bonds. The van der Waals surface area contributed by atoms with Gasteiger partial charge >= 0.3 is 0 Å². The van der Waals surface area contributed by atoms with E-state index < -0.39 is 11.6 Å². The molecule has 0 spiro atoms. The fourth-order valence-electron chi connectivity index (χ4n) is 1.56. The van der Waals surface area contributed by atoms with E-state index in [9.17, 15) is 8.78 Å². The Kier molecular flexibility index (Phi) is 3.08. The minimum Gasteiger partial charge on any atom is -0.375 e. The van der Waals surface area contributed by atoms with E-state index in [1.54, 1.807) is 13.1 Å². The van der Waals surface area contributed by atoms with Crippen LogP contribution in [-0.4, -0.2) is 9.97 Å². The Hall–Kier alpha value is -1.91. The van der Waals surface area contributed by atoms with Gasteiger partial charge in [0.25, 0.3) is 0 Å². The van der Waals surface area contributed by atoms with Crippen molar-refractivity contribution in [2.45, 2.75) is 20.4 Å². The summed E-state index contributed by atoms with van der Waals surface area (Å²) in [5.41, 5.74) is 1.09. The molecule has 0 aliphatic rings. The van der Waals surface area contributed by atoms with Crippen molar-refractivity contribution in [2.75, 3.05) is 5.32 Å². The largest absolute Gasteiger partial charge is 0.375 e. The van der Waals surface area contributed by atoms with Gasteiger partial charge in [0.05, 0.1) is 18.4 Å². The van der Waals surface area contributed by atoms with Gasteiger partial charge in [-0.2, -0.15) is 0 Å². The van der Waals surface area contributed by atoms with Gasteiger partial charge in [-0.05, 0) is 25.5 Å². The molecular weight excluding hydrogens is 224 g/mol. The fourth-order valence-corrected chi connectivity index (χ4v) is 1.56. The van der Waals surface area contributed by atoms with Crippen molar-refractivity contribution < 1.29 is 8.78 Å². The number of imidazole rings is 1.